The van der Waals surface area contributed by atoms with Gasteiger partial charge in [-0.2, -0.15) is 5.26 Å². The molecule has 0 amide bonds. The number of hydrogen-bond donors (Lipinski definition) is 2. The minimum atomic E-state index is 0.0855. The molecule has 0 fully saturated rings. The molecule has 3 heteroatoms. The normalized spacial score (nSPS) is 9.71. The second kappa shape index (κ2) is 6.14. The quantitative estimate of drug-likeness (QED) is 0.685. The minimum Gasteiger partial charge on any atom is -0.392 e. The fourth-order valence-electron chi connectivity index (χ4n) is 1.14. The standard InChI is InChI=1S/C11H14N2O/c12-6-1-7-13-8-10-2-4-11(9-14)5-3-10/h2-5,13-14H,1,7-9H2. The molecule has 0 unspecified atom stereocenters. The van der Waals surface area contributed by atoms with Crippen LogP contribution in [0.4, 0.5) is 0 Å². The largest absolute Gasteiger partial charge is 0.392 e. The highest BCUT2D eigenvalue weighted by Crippen LogP contribution is 2.03. The Balaban J connectivity index is 2.33. The average Bonchev–Trinajstić information content (AvgIpc) is 2.25. The van der Waals surface area contributed by atoms with Crippen molar-refractivity contribution in [3.05, 3.63) is 35.4 Å². The lowest BCUT2D eigenvalue weighted by molar-refractivity contribution is 0.282. The molecule has 1 aromatic carbocycles. The van der Waals surface area contributed by atoms with Gasteiger partial charge < -0.3 is 10.4 Å². The molecule has 14 heavy (non-hydrogen) atoms. The zero-order valence-corrected chi connectivity index (χ0v) is 8.03. The molecule has 0 spiro atoms. The Morgan fingerprint density at radius 3 is 2.43 bits per heavy atom. The first-order valence-corrected chi connectivity index (χ1v) is 4.63. The number of rotatable bonds is 5. The molecule has 0 heterocycles. The maximum atomic E-state index is 8.82. The van der Waals surface area contributed by atoms with Gasteiger partial charge in [-0.25, -0.2) is 0 Å². The Bertz CT molecular complexity index is 300. The lowest BCUT2D eigenvalue weighted by Crippen LogP contribution is -2.13. The summed E-state index contributed by atoms with van der Waals surface area (Å²) < 4.78 is 0. The Kier molecular flexibility index (Phi) is 4.70. The topological polar surface area (TPSA) is 56.0 Å². The van der Waals surface area contributed by atoms with E-state index in [4.69, 9.17) is 10.4 Å². The van der Waals surface area contributed by atoms with Crippen LogP contribution in [-0.2, 0) is 13.2 Å². The fourth-order valence-corrected chi connectivity index (χ4v) is 1.14. The summed E-state index contributed by atoms with van der Waals surface area (Å²) in [7, 11) is 0. The molecule has 0 aliphatic rings. The van der Waals surface area contributed by atoms with Crippen molar-refractivity contribution >= 4 is 0 Å². The molecule has 0 aromatic heterocycles. The third kappa shape index (κ3) is 3.56. The molecule has 0 radical (unpaired) electrons. The molecule has 0 saturated carbocycles. The van der Waals surface area contributed by atoms with Gasteiger partial charge in [-0.05, 0) is 11.1 Å². The first-order valence-electron chi connectivity index (χ1n) is 4.63. The van der Waals surface area contributed by atoms with Crippen molar-refractivity contribution in [2.75, 3.05) is 6.54 Å². The smallest absolute Gasteiger partial charge is 0.0681 e. The summed E-state index contributed by atoms with van der Waals surface area (Å²) in [5.41, 5.74) is 2.09. The monoisotopic (exact) mass is 190 g/mol. The minimum absolute atomic E-state index is 0.0855. The van der Waals surface area contributed by atoms with E-state index in [1.807, 2.05) is 24.3 Å². The predicted molar refractivity (Wildman–Crippen MR) is 54.3 cm³/mol. The van der Waals surface area contributed by atoms with Gasteiger partial charge in [-0.15, -0.1) is 0 Å². The summed E-state index contributed by atoms with van der Waals surface area (Å²) in [5, 5.41) is 20.3. The van der Waals surface area contributed by atoms with E-state index < -0.39 is 0 Å². The third-order valence-corrected chi connectivity index (χ3v) is 1.95. The van der Waals surface area contributed by atoms with Crippen LogP contribution >= 0.6 is 0 Å². The van der Waals surface area contributed by atoms with Gasteiger partial charge in [0.15, 0.2) is 0 Å². The van der Waals surface area contributed by atoms with E-state index in [-0.39, 0.29) is 6.61 Å². The zero-order valence-electron chi connectivity index (χ0n) is 8.03. The summed E-state index contributed by atoms with van der Waals surface area (Å²) >= 11 is 0. The molecular weight excluding hydrogens is 176 g/mol. The van der Waals surface area contributed by atoms with Crippen LogP contribution in [0.3, 0.4) is 0 Å². The molecule has 0 atom stereocenters. The van der Waals surface area contributed by atoms with Gasteiger partial charge in [0.25, 0.3) is 0 Å². The van der Waals surface area contributed by atoms with E-state index in [2.05, 4.69) is 11.4 Å². The number of nitriles is 1. The molecule has 3 nitrogen and oxygen atoms in total. The summed E-state index contributed by atoms with van der Waals surface area (Å²) in [6.45, 7) is 1.58. The highest BCUT2D eigenvalue weighted by atomic mass is 16.3. The van der Waals surface area contributed by atoms with Crippen LogP contribution in [0.15, 0.2) is 24.3 Å². The van der Waals surface area contributed by atoms with Crippen molar-refractivity contribution in [1.29, 1.82) is 5.26 Å². The van der Waals surface area contributed by atoms with Crippen LogP contribution in [0, 0.1) is 11.3 Å². The Morgan fingerprint density at radius 2 is 1.86 bits per heavy atom. The maximum Gasteiger partial charge on any atom is 0.0681 e. The van der Waals surface area contributed by atoms with Crippen LogP contribution < -0.4 is 5.32 Å². The van der Waals surface area contributed by atoms with E-state index >= 15 is 0 Å². The van der Waals surface area contributed by atoms with E-state index in [1.165, 1.54) is 5.56 Å². The van der Waals surface area contributed by atoms with E-state index in [0.717, 1.165) is 18.7 Å². The van der Waals surface area contributed by atoms with E-state index in [1.54, 1.807) is 0 Å². The third-order valence-electron chi connectivity index (χ3n) is 1.95. The van der Waals surface area contributed by atoms with Crippen LogP contribution in [0.2, 0.25) is 0 Å². The van der Waals surface area contributed by atoms with Gasteiger partial charge in [0.2, 0.25) is 0 Å². The number of hydrogen-bond acceptors (Lipinski definition) is 3. The van der Waals surface area contributed by atoms with E-state index in [0.29, 0.717) is 6.42 Å². The first-order chi connectivity index (χ1) is 6.86. The van der Waals surface area contributed by atoms with E-state index in [9.17, 15) is 0 Å². The number of nitrogens with one attached hydrogen (secondary N) is 1. The summed E-state index contributed by atoms with van der Waals surface area (Å²) in [6, 6.07) is 9.84. The van der Waals surface area contributed by atoms with Gasteiger partial charge in [0.05, 0.1) is 12.7 Å². The second-order valence-electron chi connectivity index (χ2n) is 3.06. The predicted octanol–water partition coefficient (Wildman–Crippen LogP) is 1.18. The van der Waals surface area contributed by atoms with Crippen LogP contribution in [0.1, 0.15) is 17.5 Å². The molecule has 1 rings (SSSR count). The summed E-state index contributed by atoms with van der Waals surface area (Å²) in [6.07, 6.45) is 0.536. The van der Waals surface area contributed by atoms with Crippen molar-refractivity contribution in [2.24, 2.45) is 0 Å². The number of nitrogens with zero attached hydrogens (tertiary/aromatic N) is 1. The summed E-state index contributed by atoms with van der Waals surface area (Å²) in [5.74, 6) is 0. The highest BCUT2D eigenvalue weighted by Gasteiger charge is 1.93. The highest BCUT2D eigenvalue weighted by molar-refractivity contribution is 5.21. The van der Waals surface area contributed by atoms with Crippen molar-refractivity contribution in [1.82, 2.24) is 5.32 Å². The molecule has 74 valence electrons. The van der Waals surface area contributed by atoms with Gasteiger partial charge in [0.1, 0.15) is 0 Å². The lowest BCUT2D eigenvalue weighted by Gasteiger charge is -2.03. The second-order valence-corrected chi connectivity index (χ2v) is 3.06. The first kappa shape index (κ1) is 10.7. The van der Waals surface area contributed by atoms with Crippen LogP contribution in [0.25, 0.3) is 0 Å². The number of benzene rings is 1. The number of aliphatic hydroxyl groups is 1. The van der Waals surface area contributed by atoms with Crippen molar-refractivity contribution in [3.63, 3.8) is 0 Å². The molecule has 0 saturated heterocycles. The Labute approximate surface area is 84.0 Å². The van der Waals surface area contributed by atoms with Crippen molar-refractivity contribution < 1.29 is 5.11 Å². The molecule has 1 aromatic rings. The number of aliphatic hydroxyl groups excluding tert-OH is 1. The summed E-state index contributed by atoms with van der Waals surface area (Å²) in [4.78, 5) is 0. The average molecular weight is 190 g/mol. The Morgan fingerprint density at radius 1 is 1.21 bits per heavy atom. The molecule has 0 aliphatic carbocycles. The van der Waals surface area contributed by atoms with Crippen molar-refractivity contribution in [2.45, 2.75) is 19.6 Å². The van der Waals surface area contributed by atoms with Crippen LogP contribution in [-0.4, -0.2) is 11.7 Å². The molecule has 0 bridgehead atoms. The van der Waals surface area contributed by atoms with Crippen molar-refractivity contribution in [3.8, 4) is 6.07 Å². The molecule has 2 N–H and O–H groups in total. The van der Waals surface area contributed by atoms with Crippen LogP contribution in [0.5, 0.6) is 0 Å². The van der Waals surface area contributed by atoms with Gasteiger partial charge in [0, 0.05) is 19.5 Å². The zero-order chi connectivity index (χ0) is 10.2. The maximum absolute atomic E-state index is 8.82. The fraction of sp³-hybridized carbons (Fsp3) is 0.364. The molecule has 0 aliphatic heterocycles. The lowest BCUT2D eigenvalue weighted by atomic mass is 10.1. The van der Waals surface area contributed by atoms with Gasteiger partial charge >= 0.3 is 0 Å². The SMILES string of the molecule is N#CCCNCc1ccc(CO)cc1. The molecular formula is C11H14N2O. The Hall–Kier alpha value is -1.37. The van der Waals surface area contributed by atoms with Gasteiger partial charge in [-0.1, -0.05) is 24.3 Å². The van der Waals surface area contributed by atoms with Gasteiger partial charge in [-0.3, -0.25) is 0 Å².